The Hall–Kier alpha value is -1.54. The molecular formula is C7H8N4O3S. The number of hydrogen-bond acceptors (Lipinski definition) is 6. The van der Waals surface area contributed by atoms with Crippen molar-refractivity contribution < 1.29 is 15.0 Å². The number of nitrogens with one attached hydrogen (secondary N) is 1. The number of aromatic amines is 1. The van der Waals surface area contributed by atoms with E-state index in [1.54, 1.807) is 0 Å². The fourth-order valence-electron chi connectivity index (χ4n) is 1.43. The molecule has 0 aliphatic heterocycles. The van der Waals surface area contributed by atoms with Gasteiger partial charge in [0.25, 0.3) is 0 Å². The molecule has 1 aliphatic carbocycles. The molecule has 0 radical (unpaired) electrons. The van der Waals surface area contributed by atoms with Gasteiger partial charge in [-0.25, -0.2) is 4.68 Å². The number of nitrogens with zero attached hydrogens (tertiary/aromatic N) is 3. The molecular weight excluding hydrogens is 220 g/mol. The maximum atomic E-state index is 11.4. The van der Waals surface area contributed by atoms with Crippen LogP contribution >= 0.6 is 12.2 Å². The van der Waals surface area contributed by atoms with Gasteiger partial charge in [0.05, 0.1) is 5.70 Å². The van der Waals surface area contributed by atoms with Crippen LogP contribution in [0.4, 0.5) is 0 Å². The summed E-state index contributed by atoms with van der Waals surface area (Å²) in [6, 6.07) is 0. The lowest BCUT2D eigenvalue weighted by Crippen LogP contribution is -2.31. The fourth-order valence-corrected chi connectivity index (χ4v) is 1.63. The van der Waals surface area contributed by atoms with Gasteiger partial charge in [0, 0.05) is 6.42 Å². The van der Waals surface area contributed by atoms with E-state index in [0.717, 1.165) is 0 Å². The highest BCUT2D eigenvalue weighted by molar-refractivity contribution is 7.71. The molecule has 80 valence electrons. The standard InChI is InChI=1S/C7H8N4O3S/c1-7(14)2-3(4(12)5(7)13)11-6(15)8-9-10-11/h12,14H,2H2,1H3,(H,8,10,15). The van der Waals surface area contributed by atoms with Crippen LogP contribution in [0.15, 0.2) is 5.76 Å². The van der Waals surface area contributed by atoms with Gasteiger partial charge < -0.3 is 10.2 Å². The average molecular weight is 228 g/mol. The Kier molecular flexibility index (Phi) is 1.98. The van der Waals surface area contributed by atoms with Crippen LogP contribution in [0.25, 0.3) is 5.70 Å². The van der Waals surface area contributed by atoms with Gasteiger partial charge >= 0.3 is 0 Å². The number of carbonyl (C=O) groups is 1. The summed E-state index contributed by atoms with van der Waals surface area (Å²) in [5.74, 6) is -1.24. The highest BCUT2D eigenvalue weighted by atomic mass is 32.1. The lowest BCUT2D eigenvalue weighted by molar-refractivity contribution is -0.132. The van der Waals surface area contributed by atoms with E-state index in [2.05, 4.69) is 15.5 Å². The van der Waals surface area contributed by atoms with E-state index in [4.69, 9.17) is 12.2 Å². The molecule has 1 aromatic heterocycles. The van der Waals surface area contributed by atoms with Gasteiger partial charge in [0.15, 0.2) is 5.76 Å². The maximum absolute atomic E-state index is 11.4. The van der Waals surface area contributed by atoms with Crippen LogP contribution in [0.5, 0.6) is 0 Å². The highest BCUT2D eigenvalue weighted by Crippen LogP contribution is 2.32. The van der Waals surface area contributed by atoms with E-state index in [1.807, 2.05) is 0 Å². The highest BCUT2D eigenvalue weighted by Gasteiger charge is 2.43. The SMILES string of the molecule is CC1(O)CC(n2[nH]nnc2=S)=C(O)C1=O. The zero-order valence-corrected chi connectivity index (χ0v) is 8.58. The van der Waals surface area contributed by atoms with Crippen molar-refractivity contribution >= 4 is 23.7 Å². The van der Waals surface area contributed by atoms with Gasteiger partial charge in [0.2, 0.25) is 10.6 Å². The van der Waals surface area contributed by atoms with Crippen molar-refractivity contribution in [2.45, 2.75) is 18.9 Å². The van der Waals surface area contributed by atoms with Crippen molar-refractivity contribution in [2.75, 3.05) is 0 Å². The maximum Gasteiger partial charge on any atom is 0.242 e. The minimum atomic E-state index is -1.60. The first-order valence-electron chi connectivity index (χ1n) is 4.13. The average Bonchev–Trinajstić information content (AvgIpc) is 2.65. The normalized spacial score (nSPS) is 26.4. The Balaban J connectivity index is 2.54. The van der Waals surface area contributed by atoms with Crippen molar-refractivity contribution in [3.05, 3.63) is 10.5 Å². The van der Waals surface area contributed by atoms with E-state index in [0.29, 0.717) is 0 Å². The molecule has 1 aromatic rings. The molecule has 1 atom stereocenters. The second kappa shape index (κ2) is 2.97. The van der Waals surface area contributed by atoms with Crippen LogP contribution in [0.1, 0.15) is 13.3 Å². The first kappa shape index (κ1) is 9.99. The number of rotatable bonds is 1. The smallest absolute Gasteiger partial charge is 0.242 e. The van der Waals surface area contributed by atoms with Crippen LogP contribution < -0.4 is 0 Å². The third kappa shape index (κ3) is 1.38. The molecule has 0 saturated heterocycles. The van der Waals surface area contributed by atoms with Gasteiger partial charge in [0.1, 0.15) is 5.60 Å². The number of hydrogen-bond donors (Lipinski definition) is 3. The molecule has 1 heterocycles. The van der Waals surface area contributed by atoms with Crippen molar-refractivity contribution in [1.82, 2.24) is 20.2 Å². The summed E-state index contributed by atoms with van der Waals surface area (Å²) >= 11 is 4.81. The first-order valence-corrected chi connectivity index (χ1v) is 4.54. The Labute approximate surface area is 89.0 Å². The number of ketones is 1. The topological polar surface area (TPSA) is 104 Å². The lowest BCUT2D eigenvalue weighted by Gasteiger charge is -2.12. The molecule has 2 rings (SSSR count). The molecule has 0 amide bonds. The Morgan fingerprint density at radius 1 is 1.67 bits per heavy atom. The van der Waals surface area contributed by atoms with E-state index in [9.17, 15) is 15.0 Å². The summed E-state index contributed by atoms with van der Waals surface area (Å²) in [4.78, 5) is 11.4. The molecule has 3 N–H and O–H groups in total. The van der Waals surface area contributed by atoms with Crippen molar-refractivity contribution in [3.63, 3.8) is 0 Å². The summed E-state index contributed by atoms with van der Waals surface area (Å²) in [6.07, 6.45) is -0.0319. The minimum Gasteiger partial charge on any atom is -0.503 e. The molecule has 15 heavy (non-hydrogen) atoms. The van der Waals surface area contributed by atoms with Crippen LogP contribution in [0.3, 0.4) is 0 Å². The van der Waals surface area contributed by atoms with Crippen molar-refractivity contribution in [3.8, 4) is 0 Å². The molecule has 0 aromatic carbocycles. The Bertz CT molecular complexity index is 512. The number of H-pyrrole nitrogens is 1. The second-order valence-electron chi connectivity index (χ2n) is 3.49. The summed E-state index contributed by atoms with van der Waals surface area (Å²) in [5.41, 5.74) is -1.42. The Morgan fingerprint density at radius 2 is 2.33 bits per heavy atom. The van der Waals surface area contributed by atoms with Gasteiger partial charge in [-0.2, -0.15) is 5.21 Å². The molecule has 1 aliphatic rings. The van der Waals surface area contributed by atoms with E-state index < -0.39 is 17.1 Å². The molecule has 7 nitrogen and oxygen atoms in total. The number of Topliss-reactive ketones (excluding diaryl/α,β-unsaturated/α-hetero) is 1. The summed E-state index contributed by atoms with van der Waals surface area (Å²) in [7, 11) is 0. The van der Waals surface area contributed by atoms with Crippen molar-refractivity contribution in [1.29, 1.82) is 0 Å². The van der Waals surface area contributed by atoms with Crippen LogP contribution in [-0.2, 0) is 4.79 Å². The predicted molar refractivity (Wildman–Crippen MR) is 51.3 cm³/mol. The number of aliphatic hydroxyl groups is 2. The number of carbonyl (C=O) groups excluding carboxylic acids is 1. The third-order valence-corrected chi connectivity index (χ3v) is 2.49. The van der Waals surface area contributed by atoms with Crippen molar-refractivity contribution in [2.24, 2.45) is 0 Å². The number of tetrazole rings is 1. The second-order valence-corrected chi connectivity index (χ2v) is 3.86. The minimum absolute atomic E-state index is 0.0319. The van der Waals surface area contributed by atoms with E-state index >= 15 is 0 Å². The predicted octanol–water partition coefficient (Wildman–Crippen LogP) is -0.214. The summed E-state index contributed by atoms with van der Waals surface area (Å²) in [6.45, 7) is 1.33. The van der Waals surface area contributed by atoms with E-state index in [-0.39, 0.29) is 16.9 Å². The van der Waals surface area contributed by atoms with Crippen LogP contribution in [0, 0.1) is 4.77 Å². The lowest BCUT2D eigenvalue weighted by atomic mass is 10.0. The van der Waals surface area contributed by atoms with Gasteiger partial charge in [-0.15, -0.1) is 0 Å². The molecule has 1 unspecified atom stereocenters. The molecule has 8 heteroatoms. The zero-order valence-electron chi connectivity index (χ0n) is 7.76. The zero-order chi connectivity index (χ0) is 11.2. The number of aromatic nitrogens is 4. The monoisotopic (exact) mass is 228 g/mol. The van der Waals surface area contributed by atoms with Gasteiger partial charge in [-0.05, 0) is 19.1 Å². The largest absolute Gasteiger partial charge is 0.503 e. The number of aliphatic hydroxyl groups excluding tert-OH is 1. The van der Waals surface area contributed by atoms with Crippen LogP contribution in [0.2, 0.25) is 0 Å². The molecule has 0 spiro atoms. The molecule has 0 fully saturated rings. The molecule has 0 bridgehead atoms. The summed E-state index contributed by atoms with van der Waals surface area (Å²) < 4.78 is 1.27. The van der Waals surface area contributed by atoms with Gasteiger partial charge in [-0.1, -0.05) is 10.3 Å². The third-order valence-electron chi connectivity index (χ3n) is 2.23. The first-order chi connectivity index (χ1) is 6.93. The van der Waals surface area contributed by atoms with Crippen LogP contribution in [-0.4, -0.2) is 41.8 Å². The fraction of sp³-hybridized carbons (Fsp3) is 0.429. The Morgan fingerprint density at radius 3 is 2.73 bits per heavy atom. The summed E-state index contributed by atoms with van der Waals surface area (Å²) in [5, 5.41) is 28.5. The van der Waals surface area contributed by atoms with Gasteiger partial charge in [-0.3, -0.25) is 4.79 Å². The molecule has 0 saturated carbocycles. The quantitative estimate of drug-likeness (QED) is 0.574. The van der Waals surface area contributed by atoms with E-state index in [1.165, 1.54) is 11.6 Å².